The molecule has 0 aromatic carbocycles. The Labute approximate surface area is 145 Å². The van der Waals surface area contributed by atoms with Crippen LogP contribution in [0.5, 0.6) is 0 Å². The van der Waals surface area contributed by atoms with Crippen LogP contribution in [0.2, 0.25) is 0 Å². The van der Waals surface area contributed by atoms with Crippen molar-refractivity contribution in [3.63, 3.8) is 0 Å². The minimum atomic E-state index is 0.648. The maximum atomic E-state index is 3.72. The van der Waals surface area contributed by atoms with E-state index in [4.69, 9.17) is 0 Å². The van der Waals surface area contributed by atoms with Gasteiger partial charge < -0.3 is 10.2 Å². The molecule has 136 valence electrons. The van der Waals surface area contributed by atoms with E-state index < -0.39 is 0 Å². The quantitative estimate of drug-likeness (QED) is 0.626. The number of hydrogen-bond donors (Lipinski definition) is 1. The predicted octanol–water partition coefficient (Wildman–Crippen LogP) is 5.22. The van der Waals surface area contributed by atoms with Gasteiger partial charge in [-0.3, -0.25) is 0 Å². The topological polar surface area (TPSA) is 15.3 Å². The van der Waals surface area contributed by atoms with Crippen molar-refractivity contribution in [1.82, 2.24) is 10.2 Å². The van der Waals surface area contributed by atoms with E-state index >= 15 is 0 Å². The molecule has 0 heterocycles. The van der Waals surface area contributed by atoms with Crippen LogP contribution in [-0.2, 0) is 0 Å². The molecule has 0 aliphatic heterocycles. The van der Waals surface area contributed by atoms with Crippen molar-refractivity contribution < 1.29 is 0 Å². The van der Waals surface area contributed by atoms with Gasteiger partial charge >= 0.3 is 0 Å². The van der Waals surface area contributed by atoms with Crippen LogP contribution in [0, 0.1) is 11.3 Å². The summed E-state index contributed by atoms with van der Waals surface area (Å²) < 4.78 is 0. The molecule has 1 spiro atoms. The van der Waals surface area contributed by atoms with E-state index in [1.807, 2.05) is 0 Å². The van der Waals surface area contributed by atoms with Crippen molar-refractivity contribution in [2.24, 2.45) is 11.3 Å². The molecule has 2 aliphatic rings. The molecule has 1 atom stereocenters. The molecule has 2 fully saturated rings. The smallest absolute Gasteiger partial charge is 0.00926 e. The van der Waals surface area contributed by atoms with Crippen molar-refractivity contribution in [2.45, 2.75) is 110 Å². The van der Waals surface area contributed by atoms with Gasteiger partial charge in [0, 0.05) is 18.1 Å². The van der Waals surface area contributed by atoms with E-state index in [9.17, 15) is 0 Å². The lowest BCUT2D eigenvalue weighted by atomic mass is 9.57. The zero-order valence-electron chi connectivity index (χ0n) is 16.5. The fourth-order valence-electron chi connectivity index (χ4n) is 5.15. The Morgan fingerprint density at radius 2 is 1.74 bits per heavy atom. The van der Waals surface area contributed by atoms with Crippen LogP contribution < -0.4 is 5.32 Å². The summed E-state index contributed by atoms with van der Waals surface area (Å²) in [4.78, 5) is 2.67. The normalized spacial score (nSPS) is 32.5. The second-order valence-corrected chi connectivity index (χ2v) is 9.17. The minimum absolute atomic E-state index is 0.648. The molecule has 2 aliphatic carbocycles. The number of nitrogens with zero attached hydrogens (tertiary/aromatic N) is 1. The molecule has 0 amide bonds. The predicted molar refractivity (Wildman–Crippen MR) is 102 cm³/mol. The molecule has 23 heavy (non-hydrogen) atoms. The van der Waals surface area contributed by atoms with Crippen molar-refractivity contribution >= 4 is 0 Å². The Morgan fingerprint density at radius 1 is 1.09 bits per heavy atom. The van der Waals surface area contributed by atoms with Crippen molar-refractivity contribution in [3.8, 4) is 0 Å². The Kier molecular flexibility index (Phi) is 7.41. The van der Waals surface area contributed by atoms with Gasteiger partial charge in [0.05, 0.1) is 0 Å². The molecule has 1 N–H and O–H groups in total. The van der Waals surface area contributed by atoms with Gasteiger partial charge in [0.15, 0.2) is 0 Å². The van der Waals surface area contributed by atoms with Crippen LogP contribution in [0.3, 0.4) is 0 Å². The van der Waals surface area contributed by atoms with E-state index in [2.05, 4.69) is 45.0 Å². The van der Waals surface area contributed by atoms with E-state index in [0.717, 1.165) is 23.4 Å². The Hall–Kier alpha value is -0.0800. The summed E-state index contributed by atoms with van der Waals surface area (Å²) in [5, 5.41) is 3.72. The largest absolute Gasteiger partial charge is 0.312 e. The molecule has 2 nitrogen and oxygen atoms in total. The first-order valence-electron chi connectivity index (χ1n) is 10.4. The molecule has 0 aromatic rings. The standard InChI is InChI=1S/C21H42N2/c1-6-8-18(4)9-7-14-23(5)20-10-12-21(13-11-20)15-19(16-21)22-17(2)3/h17-20,22H,6-16H2,1-5H3. The van der Waals surface area contributed by atoms with Crippen LogP contribution in [-0.4, -0.2) is 36.6 Å². The van der Waals surface area contributed by atoms with Gasteiger partial charge in [0.25, 0.3) is 0 Å². The van der Waals surface area contributed by atoms with Crippen LogP contribution >= 0.6 is 0 Å². The highest BCUT2D eigenvalue weighted by atomic mass is 15.1. The number of nitrogens with one attached hydrogen (secondary N) is 1. The first kappa shape index (κ1) is 19.2. The molecule has 0 bridgehead atoms. The Balaban J connectivity index is 1.61. The third-order valence-corrected chi connectivity index (χ3v) is 6.56. The SMILES string of the molecule is CCCC(C)CCCN(C)C1CCC2(CC1)CC(NC(C)C)C2. The van der Waals surface area contributed by atoms with Crippen molar-refractivity contribution in [1.29, 1.82) is 0 Å². The average molecular weight is 323 g/mol. The summed E-state index contributed by atoms with van der Waals surface area (Å²) in [6.45, 7) is 10.6. The summed E-state index contributed by atoms with van der Waals surface area (Å²) in [6, 6.07) is 2.32. The monoisotopic (exact) mass is 322 g/mol. The van der Waals surface area contributed by atoms with E-state index in [-0.39, 0.29) is 0 Å². The molecule has 0 radical (unpaired) electrons. The fourth-order valence-corrected chi connectivity index (χ4v) is 5.15. The lowest BCUT2D eigenvalue weighted by Crippen LogP contribution is -2.53. The fraction of sp³-hybridized carbons (Fsp3) is 1.00. The summed E-state index contributed by atoms with van der Waals surface area (Å²) in [7, 11) is 2.37. The number of rotatable bonds is 9. The van der Waals surface area contributed by atoms with E-state index in [0.29, 0.717) is 6.04 Å². The highest BCUT2D eigenvalue weighted by Gasteiger charge is 2.46. The van der Waals surface area contributed by atoms with Gasteiger partial charge in [0.1, 0.15) is 0 Å². The van der Waals surface area contributed by atoms with Gasteiger partial charge in [-0.25, -0.2) is 0 Å². The highest BCUT2D eigenvalue weighted by Crippen LogP contribution is 2.52. The molecule has 2 rings (SSSR count). The molecule has 0 saturated heterocycles. The van der Waals surface area contributed by atoms with Gasteiger partial charge in [-0.15, -0.1) is 0 Å². The van der Waals surface area contributed by atoms with Gasteiger partial charge in [-0.05, 0) is 76.3 Å². The highest BCUT2D eigenvalue weighted by molar-refractivity contribution is 5.01. The van der Waals surface area contributed by atoms with Crippen LogP contribution in [0.25, 0.3) is 0 Å². The van der Waals surface area contributed by atoms with E-state index in [1.54, 1.807) is 0 Å². The summed E-state index contributed by atoms with van der Waals surface area (Å²) in [5.74, 6) is 0.920. The second kappa shape index (κ2) is 8.85. The molecule has 2 heteroatoms. The maximum absolute atomic E-state index is 3.72. The van der Waals surface area contributed by atoms with Crippen molar-refractivity contribution in [2.75, 3.05) is 13.6 Å². The first-order valence-corrected chi connectivity index (χ1v) is 10.4. The van der Waals surface area contributed by atoms with Gasteiger partial charge in [0.2, 0.25) is 0 Å². The molecule has 1 unspecified atom stereocenters. The van der Waals surface area contributed by atoms with Gasteiger partial charge in [-0.2, -0.15) is 0 Å². The second-order valence-electron chi connectivity index (χ2n) is 9.17. The molecule has 0 aromatic heterocycles. The lowest BCUT2D eigenvalue weighted by molar-refractivity contribution is 0.00775. The Morgan fingerprint density at radius 3 is 2.30 bits per heavy atom. The first-order chi connectivity index (χ1) is 10.9. The summed E-state index contributed by atoms with van der Waals surface area (Å²) in [5.41, 5.74) is 0.722. The Bertz CT molecular complexity index is 323. The molecular formula is C21H42N2. The van der Waals surface area contributed by atoms with Crippen molar-refractivity contribution in [3.05, 3.63) is 0 Å². The lowest BCUT2D eigenvalue weighted by Gasteiger charge is -2.53. The summed E-state index contributed by atoms with van der Waals surface area (Å²) in [6.07, 6.45) is 14.3. The van der Waals surface area contributed by atoms with Crippen LogP contribution in [0.15, 0.2) is 0 Å². The third-order valence-electron chi connectivity index (χ3n) is 6.56. The zero-order valence-corrected chi connectivity index (χ0v) is 16.5. The van der Waals surface area contributed by atoms with Crippen LogP contribution in [0.1, 0.15) is 91.9 Å². The number of hydrogen-bond acceptors (Lipinski definition) is 2. The maximum Gasteiger partial charge on any atom is 0.00926 e. The molecular weight excluding hydrogens is 280 g/mol. The average Bonchev–Trinajstić information content (AvgIpc) is 2.46. The minimum Gasteiger partial charge on any atom is -0.312 e. The van der Waals surface area contributed by atoms with Gasteiger partial charge in [-0.1, -0.05) is 40.5 Å². The van der Waals surface area contributed by atoms with Crippen LogP contribution in [0.4, 0.5) is 0 Å². The summed E-state index contributed by atoms with van der Waals surface area (Å²) >= 11 is 0. The van der Waals surface area contributed by atoms with E-state index in [1.165, 1.54) is 70.8 Å². The molecule has 2 saturated carbocycles. The zero-order chi connectivity index (χ0) is 16.9. The third kappa shape index (κ3) is 5.74.